The number of benzene rings is 2. The fourth-order valence-corrected chi connectivity index (χ4v) is 2.26. The lowest BCUT2D eigenvalue weighted by atomic mass is 9.99. The molecule has 19 heavy (non-hydrogen) atoms. The number of halogens is 4. The van der Waals surface area contributed by atoms with Gasteiger partial charge in [0.15, 0.2) is 0 Å². The van der Waals surface area contributed by atoms with Crippen LogP contribution >= 0.6 is 23.2 Å². The maximum atomic E-state index is 13.7. The molecule has 0 heterocycles. The van der Waals surface area contributed by atoms with Crippen molar-refractivity contribution in [2.75, 3.05) is 0 Å². The van der Waals surface area contributed by atoms with Crippen LogP contribution in [0.2, 0.25) is 10.0 Å². The molecule has 1 nitrogen and oxygen atoms in total. The first-order valence-corrected chi connectivity index (χ1v) is 6.37. The van der Waals surface area contributed by atoms with Crippen LogP contribution in [0.5, 0.6) is 0 Å². The average molecular weight is 302 g/mol. The van der Waals surface area contributed by atoms with Gasteiger partial charge >= 0.3 is 0 Å². The Kier molecular flexibility index (Phi) is 4.40. The number of hydrogen-bond acceptors (Lipinski definition) is 1. The zero-order valence-electron chi connectivity index (χ0n) is 9.84. The molecule has 0 aliphatic rings. The summed E-state index contributed by atoms with van der Waals surface area (Å²) < 4.78 is 26.6. The summed E-state index contributed by atoms with van der Waals surface area (Å²) in [7, 11) is 0. The topological polar surface area (TPSA) is 26.0 Å². The SMILES string of the molecule is NC(Cc1ccc(F)cc1Cl)c1cc(Cl)ccc1F. The molecule has 0 saturated carbocycles. The Morgan fingerprint density at radius 2 is 1.79 bits per heavy atom. The molecule has 5 heteroatoms. The molecule has 2 aromatic rings. The summed E-state index contributed by atoms with van der Waals surface area (Å²) in [6, 6.07) is 7.66. The Balaban J connectivity index is 2.25. The minimum absolute atomic E-state index is 0.276. The van der Waals surface area contributed by atoms with Crippen molar-refractivity contribution >= 4 is 23.2 Å². The predicted molar refractivity (Wildman–Crippen MR) is 73.5 cm³/mol. The molecule has 1 atom stereocenters. The molecule has 0 spiro atoms. The van der Waals surface area contributed by atoms with E-state index in [4.69, 9.17) is 28.9 Å². The molecule has 1 unspecified atom stereocenters. The molecule has 0 aliphatic heterocycles. The molecule has 0 saturated heterocycles. The van der Waals surface area contributed by atoms with Crippen molar-refractivity contribution in [1.82, 2.24) is 0 Å². The largest absolute Gasteiger partial charge is 0.324 e. The second-order valence-corrected chi connectivity index (χ2v) is 5.06. The van der Waals surface area contributed by atoms with Gasteiger partial charge in [0.25, 0.3) is 0 Å². The molecule has 2 N–H and O–H groups in total. The molecule has 2 aromatic carbocycles. The first kappa shape index (κ1) is 14.3. The van der Waals surface area contributed by atoms with E-state index < -0.39 is 17.7 Å². The molecular formula is C14H11Cl2F2N. The quantitative estimate of drug-likeness (QED) is 0.886. The minimum atomic E-state index is -0.596. The van der Waals surface area contributed by atoms with Crippen LogP contribution in [0.3, 0.4) is 0 Å². The monoisotopic (exact) mass is 301 g/mol. The van der Waals surface area contributed by atoms with Gasteiger partial charge in [-0.3, -0.25) is 0 Å². The van der Waals surface area contributed by atoms with E-state index in [0.29, 0.717) is 22.6 Å². The van der Waals surface area contributed by atoms with E-state index in [0.717, 1.165) is 0 Å². The molecule has 0 radical (unpaired) electrons. The summed E-state index contributed by atoms with van der Waals surface area (Å²) in [6.45, 7) is 0. The summed E-state index contributed by atoms with van der Waals surface area (Å²) >= 11 is 11.7. The van der Waals surface area contributed by atoms with Crippen LogP contribution < -0.4 is 5.73 Å². The van der Waals surface area contributed by atoms with Gasteiger partial charge in [0, 0.05) is 21.7 Å². The molecule has 0 aliphatic carbocycles. The first-order valence-electron chi connectivity index (χ1n) is 5.62. The summed E-state index contributed by atoms with van der Waals surface area (Å²) in [4.78, 5) is 0. The number of hydrogen-bond donors (Lipinski definition) is 1. The summed E-state index contributed by atoms with van der Waals surface area (Å²) in [5.41, 5.74) is 6.93. The molecule has 0 fully saturated rings. The summed E-state index contributed by atoms with van der Waals surface area (Å²) in [6.07, 6.45) is 0.302. The van der Waals surface area contributed by atoms with E-state index in [2.05, 4.69) is 0 Å². The van der Waals surface area contributed by atoms with Gasteiger partial charge in [-0.05, 0) is 42.3 Å². The fraction of sp³-hybridized carbons (Fsp3) is 0.143. The van der Waals surface area contributed by atoms with E-state index in [1.54, 1.807) is 6.07 Å². The van der Waals surface area contributed by atoms with Gasteiger partial charge in [0.1, 0.15) is 11.6 Å². The Morgan fingerprint density at radius 3 is 2.47 bits per heavy atom. The minimum Gasteiger partial charge on any atom is -0.324 e. The van der Waals surface area contributed by atoms with E-state index in [1.807, 2.05) is 0 Å². The first-order chi connectivity index (χ1) is 8.97. The molecule has 0 bridgehead atoms. The van der Waals surface area contributed by atoms with Gasteiger partial charge in [-0.2, -0.15) is 0 Å². The van der Waals surface area contributed by atoms with Crippen molar-refractivity contribution in [3.63, 3.8) is 0 Å². The normalized spacial score (nSPS) is 12.5. The third-order valence-electron chi connectivity index (χ3n) is 2.81. The average Bonchev–Trinajstić information content (AvgIpc) is 2.35. The molecule has 100 valence electrons. The molecule has 2 rings (SSSR count). The van der Waals surface area contributed by atoms with E-state index in [1.165, 1.54) is 30.3 Å². The van der Waals surface area contributed by atoms with Crippen LogP contribution in [0.25, 0.3) is 0 Å². The van der Waals surface area contributed by atoms with E-state index in [-0.39, 0.29) is 5.02 Å². The van der Waals surface area contributed by atoms with Gasteiger partial charge in [-0.15, -0.1) is 0 Å². The van der Waals surface area contributed by atoms with Crippen LogP contribution in [-0.2, 0) is 6.42 Å². The van der Waals surface area contributed by atoms with Crippen molar-refractivity contribution in [2.24, 2.45) is 5.73 Å². The van der Waals surface area contributed by atoms with Gasteiger partial charge in [0.2, 0.25) is 0 Å². The van der Waals surface area contributed by atoms with Gasteiger partial charge in [-0.25, -0.2) is 8.78 Å². The van der Waals surface area contributed by atoms with Crippen molar-refractivity contribution in [2.45, 2.75) is 12.5 Å². The summed E-state index contributed by atoms with van der Waals surface area (Å²) in [5.74, 6) is -0.841. The molecular weight excluding hydrogens is 291 g/mol. The smallest absolute Gasteiger partial charge is 0.128 e. The van der Waals surface area contributed by atoms with Crippen molar-refractivity contribution < 1.29 is 8.78 Å². The highest BCUT2D eigenvalue weighted by molar-refractivity contribution is 6.31. The fourth-order valence-electron chi connectivity index (χ4n) is 1.83. The highest BCUT2D eigenvalue weighted by atomic mass is 35.5. The molecule has 0 aromatic heterocycles. The second-order valence-electron chi connectivity index (χ2n) is 4.21. The van der Waals surface area contributed by atoms with E-state index >= 15 is 0 Å². The highest BCUT2D eigenvalue weighted by Gasteiger charge is 2.14. The molecule has 0 amide bonds. The van der Waals surface area contributed by atoms with Gasteiger partial charge < -0.3 is 5.73 Å². The maximum absolute atomic E-state index is 13.7. The maximum Gasteiger partial charge on any atom is 0.128 e. The Morgan fingerprint density at radius 1 is 1.05 bits per heavy atom. The predicted octanol–water partition coefficient (Wildman–Crippen LogP) is 4.51. The lowest BCUT2D eigenvalue weighted by molar-refractivity contribution is 0.579. The Bertz CT molecular complexity index is 602. The lowest BCUT2D eigenvalue weighted by Gasteiger charge is -2.14. The van der Waals surface area contributed by atoms with Crippen LogP contribution in [0, 0.1) is 11.6 Å². The van der Waals surface area contributed by atoms with Gasteiger partial charge in [0.05, 0.1) is 0 Å². The van der Waals surface area contributed by atoms with Crippen molar-refractivity contribution in [3.05, 3.63) is 69.2 Å². The Labute approximate surface area is 119 Å². The van der Waals surface area contributed by atoms with Crippen LogP contribution in [0.15, 0.2) is 36.4 Å². The van der Waals surface area contributed by atoms with Crippen LogP contribution in [-0.4, -0.2) is 0 Å². The van der Waals surface area contributed by atoms with Crippen molar-refractivity contribution in [1.29, 1.82) is 0 Å². The Hall–Kier alpha value is -1.16. The zero-order valence-corrected chi connectivity index (χ0v) is 11.3. The third kappa shape index (κ3) is 3.44. The number of nitrogens with two attached hydrogens (primary N) is 1. The van der Waals surface area contributed by atoms with Gasteiger partial charge in [-0.1, -0.05) is 29.3 Å². The van der Waals surface area contributed by atoms with Crippen LogP contribution in [0.4, 0.5) is 8.78 Å². The second kappa shape index (κ2) is 5.87. The highest BCUT2D eigenvalue weighted by Crippen LogP contribution is 2.26. The van der Waals surface area contributed by atoms with E-state index in [9.17, 15) is 8.78 Å². The van der Waals surface area contributed by atoms with Crippen molar-refractivity contribution in [3.8, 4) is 0 Å². The third-order valence-corrected chi connectivity index (χ3v) is 3.40. The van der Waals surface area contributed by atoms with Crippen LogP contribution in [0.1, 0.15) is 17.2 Å². The lowest BCUT2D eigenvalue weighted by Crippen LogP contribution is -2.15. The zero-order chi connectivity index (χ0) is 14.0. The number of rotatable bonds is 3. The summed E-state index contributed by atoms with van der Waals surface area (Å²) in [5, 5.41) is 0.690. The standard InChI is InChI=1S/C14H11Cl2F2N/c15-9-2-4-13(18)11(6-9)14(19)5-8-1-3-10(17)7-12(8)16/h1-4,6-7,14H,5,19H2.